The number of ether oxygens (including phenoxy) is 1. The number of aryl methyl sites for hydroxylation is 1. The van der Waals surface area contributed by atoms with Crippen LogP contribution in [0.1, 0.15) is 48.8 Å². The number of rotatable bonds is 3. The first-order valence-electron chi connectivity index (χ1n) is 10.2. The molecule has 7 nitrogen and oxygen atoms in total. The number of para-hydroxylation sites is 1. The zero-order valence-corrected chi connectivity index (χ0v) is 17.3. The number of hydrogen-bond acceptors (Lipinski definition) is 4. The van der Waals surface area contributed by atoms with E-state index >= 15 is 0 Å². The van der Waals surface area contributed by atoms with Crippen molar-refractivity contribution in [3.05, 3.63) is 47.8 Å². The summed E-state index contributed by atoms with van der Waals surface area (Å²) in [5, 5.41) is 4.46. The van der Waals surface area contributed by atoms with Crippen molar-refractivity contribution < 1.29 is 14.3 Å². The van der Waals surface area contributed by atoms with Crippen LogP contribution in [0.15, 0.2) is 36.4 Å². The van der Waals surface area contributed by atoms with Gasteiger partial charge in [0, 0.05) is 25.8 Å². The monoisotopic (exact) mass is 396 g/mol. The van der Waals surface area contributed by atoms with Gasteiger partial charge in [-0.05, 0) is 37.0 Å². The van der Waals surface area contributed by atoms with E-state index < -0.39 is 5.60 Å². The summed E-state index contributed by atoms with van der Waals surface area (Å²) >= 11 is 0. The lowest BCUT2D eigenvalue weighted by Gasteiger charge is -2.46. The summed E-state index contributed by atoms with van der Waals surface area (Å²) in [4.78, 5) is 29.1. The Bertz CT molecular complexity index is 898. The lowest BCUT2D eigenvalue weighted by molar-refractivity contribution is -0.143. The van der Waals surface area contributed by atoms with Crippen LogP contribution in [0.5, 0.6) is 0 Å². The van der Waals surface area contributed by atoms with Gasteiger partial charge in [0.1, 0.15) is 12.3 Å². The van der Waals surface area contributed by atoms with Crippen LogP contribution in [-0.2, 0) is 16.6 Å². The van der Waals surface area contributed by atoms with Crippen molar-refractivity contribution in [3.8, 4) is 0 Å². The summed E-state index contributed by atoms with van der Waals surface area (Å²) in [6.45, 7) is 5.97. The lowest BCUT2D eigenvalue weighted by atomic mass is 9.89. The molecule has 1 aromatic heterocycles. The lowest BCUT2D eigenvalue weighted by Crippen LogP contribution is -2.59. The molecule has 0 saturated carbocycles. The normalized spacial score (nSPS) is 19.2. The van der Waals surface area contributed by atoms with E-state index in [0.29, 0.717) is 38.2 Å². The predicted octanol–water partition coefficient (Wildman–Crippen LogP) is 2.58. The maximum Gasteiger partial charge on any atom is 0.272 e. The van der Waals surface area contributed by atoms with E-state index in [9.17, 15) is 9.59 Å². The fourth-order valence-electron chi connectivity index (χ4n) is 4.11. The highest BCUT2D eigenvalue weighted by Gasteiger charge is 2.43. The maximum absolute atomic E-state index is 13.0. The van der Waals surface area contributed by atoms with Crippen molar-refractivity contribution in [2.45, 2.75) is 38.2 Å². The van der Waals surface area contributed by atoms with Crippen LogP contribution in [0.2, 0.25) is 0 Å². The van der Waals surface area contributed by atoms with Crippen LogP contribution in [0, 0.1) is 0 Å². The third kappa shape index (κ3) is 3.79. The molecule has 7 heteroatoms. The number of aromatic nitrogens is 2. The Labute approximate surface area is 171 Å². The van der Waals surface area contributed by atoms with Crippen molar-refractivity contribution in [1.29, 1.82) is 0 Å². The second-order valence-corrected chi connectivity index (χ2v) is 8.31. The topological polar surface area (TPSA) is 67.7 Å². The number of morpholine rings is 1. The molecule has 0 unspecified atom stereocenters. The van der Waals surface area contributed by atoms with Gasteiger partial charge in [-0.3, -0.25) is 14.3 Å². The molecule has 2 saturated heterocycles. The van der Waals surface area contributed by atoms with E-state index in [1.54, 1.807) is 4.68 Å². The molecule has 0 atom stereocenters. The molecule has 2 fully saturated rings. The number of hydrogen-bond donors (Lipinski definition) is 0. The Morgan fingerprint density at radius 3 is 2.48 bits per heavy atom. The summed E-state index contributed by atoms with van der Waals surface area (Å²) in [7, 11) is 1.82. The smallest absolute Gasteiger partial charge is 0.272 e. The van der Waals surface area contributed by atoms with Crippen LogP contribution in [-0.4, -0.2) is 58.3 Å². The molecule has 2 aromatic rings. The zero-order valence-electron chi connectivity index (χ0n) is 17.3. The van der Waals surface area contributed by atoms with Gasteiger partial charge in [0.2, 0.25) is 0 Å². The highest BCUT2D eigenvalue weighted by Crippen LogP contribution is 2.33. The Morgan fingerprint density at radius 1 is 1.17 bits per heavy atom. The number of benzene rings is 1. The van der Waals surface area contributed by atoms with Crippen LogP contribution in [0.3, 0.4) is 0 Å². The van der Waals surface area contributed by atoms with Gasteiger partial charge >= 0.3 is 0 Å². The van der Waals surface area contributed by atoms with Gasteiger partial charge in [0.15, 0.2) is 0 Å². The minimum Gasteiger partial charge on any atom is -0.363 e. The van der Waals surface area contributed by atoms with Crippen LogP contribution in [0.25, 0.3) is 0 Å². The molecule has 0 radical (unpaired) electrons. The fraction of sp³-hybridized carbons (Fsp3) is 0.500. The molecule has 2 aliphatic heterocycles. The standard InChI is InChI=1S/C22H28N4O3/c1-16(2)18-13-19(24(3)23-18)21(28)25-11-9-22(10-12-25)15-26(20(27)14-29-22)17-7-5-4-6-8-17/h4-8,13,16H,9-12,14-15H2,1-3H3. The number of likely N-dealkylation sites (tertiary alicyclic amines) is 1. The molecule has 1 aromatic carbocycles. The van der Waals surface area contributed by atoms with Gasteiger partial charge in [0.05, 0.1) is 17.8 Å². The number of carbonyl (C=O) groups excluding carboxylic acids is 2. The highest BCUT2D eigenvalue weighted by molar-refractivity contribution is 5.95. The molecule has 154 valence electrons. The summed E-state index contributed by atoms with van der Waals surface area (Å²) in [6, 6.07) is 11.6. The summed E-state index contributed by atoms with van der Waals surface area (Å²) in [5.41, 5.74) is 2.05. The first kappa shape index (κ1) is 19.6. The van der Waals surface area contributed by atoms with E-state index in [0.717, 1.165) is 11.4 Å². The SMILES string of the molecule is CC(C)c1cc(C(=O)N2CCC3(CC2)CN(c2ccccc2)C(=O)CO3)n(C)n1. The average Bonchev–Trinajstić information content (AvgIpc) is 3.13. The van der Waals surface area contributed by atoms with Crippen LogP contribution in [0.4, 0.5) is 5.69 Å². The number of amides is 2. The molecule has 3 heterocycles. The van der Waals surface area contributed by atoms with Crippen molar-refractivity contribution in [3.63, 3.8) is 0 Å². The average molecular weight is 396 g/mol. The Hall–Kier alpha value is -2.67. The van der Waals surface area contributed by atoms with E-state index in [2.05, 4.69) is 18.9 Å². The number of nitrogens with zero attached hydrogens (tertiary/aromatic N) is 4. The van der Waals surface area contributed by atoms with Gasteiger partial charge in [-0.1, -0.05) is 32.0 Å². The summed E-state index contributed by atoms with van der Waals surface area (Å²) < 4.78 is 7.69. The number of carbonyl (C=O) groups is 2. The van der Waals surface area contributed by atoms with Gasteiger partial charge in [-0.15, -0.1) is 0 Å². The van der Waals surface area contributed by atoms with E-state index in [1.807, 2.05) is 53.2 Å². The van der Waals surface area contributed by atoms with Crippen LogP contribution >= 0.6 is 0 Å². The van der Waals surface area contributed by atoms with Crippen LogP contribution < -0.4 is 4.90 Å². The second-order valence-electron chi connectivity index (χ2n) is 8.31. The van der Waals surface area contributed by atoms with E-state index in [1.165, 1.54) is 0 Å². The molecule has 1 spiro atoms. The van der Waals surface area contributed by atoms with Gasteiger partial charge < -0.3 is 14.5 Å². The third-order valence-electron chi connectivity index (χ3n) is 5.99. The fourth-order valence-corrected chi connectivity index (χ4v) is 4.11. The Kier molecular flexibility index (Phi) is 5.17. The third-order valence-corrected chi connectivity index (χ3v) is 5.99. The summed E-state index contributed by atoms with van der Waals surface area (Å²) in [6.07, 6.45) is 1.43. The first-order chi connectivity index (χ1) is 13.9. The van der Waals surface area contributed by atoms with Crippen molar-refractivity contribution in [2.75, 3.05) is 31.1 Å². The van der Waals surface area contributed by atoms with Gasteiger partial charge in [0.25, 0.3) is 11.8 Å². The molecule has 0 N–H and O–H groups in total. The van der Waals surface area contributed by atoms with Crippen molar-refractivity contribution >= 4 is 17.5 Å². The zero-order chi connectivity index (χ0) is 20.6. The molecular formula is C22H28N4O3. The molecule has 29 heavy (non-hydrogen) atoms. The quantitative estimate of drug-likeness (QED) is 0.800. The minimum absolute atomic E-state index is 0.00792. The van der Waals surface area contributed by atoms with E-state index in [-0.39, 0.29) is 24.3 Å². The number of anilines is 1. The maximum atomic E-state index is 13.0. The van der Waals surface area contributed by atoms with E-state index in [4.69, 9.17) is 4.74 Å². The van der Waals surface area contributed by atoms with Crippen molar-refractivity contribution in [2.24, 2.45) is 7.05 Å². The second kappa shape index (κ2) is 7.63. The Morgan fingerprint density at radius 2 is 1.86 bits per heavy atom. The minimum atomic E-state index is -0.393. The molecule has 2 aliphatic rings. The van der Waals surface area contributed by atoms with Gasteiger partial charge in [-0.2, -0.15) is 5.10 Å². The predicted molar refractivity (Wildman–Crippen MR) is 110 cm³/mol. The largest absolute Gasteiger partial charge is 0.363 e. The molecule has 0 aliphatic carbocycles. The highest BCUT2D eigenvalue weighted by atomic mass is 16.5. The van der Waals surface area contributed by atoms with Gasteiger partial charge in [-0.25, -0.2) is 0 Å². The Balaban J connectivity index is 1.45. The summed E-state index contributed by atoms with van der Waals surface area (Å²) in [5.74, 6) is 0.273. The van der Waals surface area contributed by atoms with Crippen molar-refractivity contribution in [1.82, 2.24) is 14.7 Å². The number of piperidine rings is 1. The molecule has 0 bridgehead atoms. The molecule has 2 amide bonds. The molecule has 4 rings (SSSR count). The molecular weight excluding hydrogens is 368 g/mol. The first-order valence-corrected chi connectivity index (χ1v) is 10.2.